The van der Waals surface area contributed by atoms with Gasteiger partial charge in [0.2, 0.25) is 0 Å². The summed E-state index contributed by atoms with van der Waals surface area (Å²) in [6.45, 7) is 5.08. The molecule has 1 aliphatic carbocycles. The van der Waals surface area contributed by atoms with Crippen molar-refractivity contribution in [3.05, 3.63) is 11.6 Å². The Morgan fingerprint density at radius 3 is 2.65 bits per heavy atom. The zero-order valence-corrected chi connectivity index (χ0v) is 13.5. The first-order valence-corrected chi connectivity index (χ1v) is 8.79. The van der Waals surface area contributed by atoms with E-state index in [9.17, 15) is 0 Å². The summed E-state index contributed by atoms with van der Waals surface area (Å²) in [5.41, 5.74) is 1.59. The molecule has 20 heavy (non-hydrogen) atoms. The van der Waals surface area contributed by atoms with E-state index in [4.69, 9.17) is 9.47 Å². The molecule has 0 aromatic carbocycles. The molecule has 1 atom stereocenters. The molecule has 0 amide bonds. The van der Waals surface area contributed by atoms with E-state index in [1.807, 2.05) is 0 Å². The van der Waals surface area contributed by atoms with Gasteiger partial charge in [-0.1, -0.05) is 51.5 Å². The summed E-state index contributed by atoms with van der Waals surface area (Å²) < 4.78 is 12.1. The van der Waals surface area contributed by atoms with Gasteiger partial charge in [-0.2, -0.15) is 0 Å². The van der Waals surface area contributed by atoms with Gasteiger partial charge in [0.05, 0.1) is 5.60 Å². The lowest BCUT2D eigenvalue weighted by Gasteiger charge is -2.34. The Morgan fingerprint density at radius 2 is 1.95 bits per heavy atom. The Kier molecular flexibility index (Phi) is 6.57. The zero-order valence-electron chi connectivity index (χ0n) is 13.5. The summed E-state index contributed by atoms with van der Waals surface area (Å²) >= 11 is 0. The molecule has 0 bridgehead atoms. The third kappa shape index (κ3) is 4.08. The molecule has 0 radical (unpaired) electrons. The molecule has 1 aliphatic heterocycles. The molecule has 2 heteroatoms. The molecule has 0 aromatic heterocycles. The summed E-state index contributed by atoms with van der Waals surface area (Å²) in [6, 6.07) is 0. The number of allylic oxidation sites excluding steroid dienone is 1. The van der Waals surface area contributed by atoms with Crippen molar-refractivity contribution < 1.29 is 9.47 Å². The predicted octanol–water partition coefficient (Wildman–Crippen LogP) is 5.37. The molecule has 0 aromatic rings. The molecule has 0 N–H and O–H groups in total. The molecule has 1 spiro atoms. The highest BCUT2D eigenvalue weighted by molar-refractivity contribution is 5.22. The van der Waals surface area contributed by atoms with Crippen LogP contribution >= 0.6 is 0 Å². The van der Waals surface area contributed by atoms with Gasteiger partial charge < -0.3 is 9.47 Å². The number of hydrogen-bond acceptors (Lipinski definition) is 2. The topological polar surface area (TPSA) is 18.5 Å². The largest absolute Gasteiger partial charge is 0.353 e. The molecule has 1 saturated carbocycles. The van der Waals surface area contributed by atoms with Crippen LogP contribution in [0, 0.1) is 0 Å². The predicted molar refractivity (Wildman–Crippen MR) is 83.8 cm³/mol. The first-order chi connectivity index (χ1) is 9.80. The minimum Gasteiger partial charge on any atom is -0.353 e. The lowest BCUT2D eigenvalue weighted by molar-refractivity contribution is -0.170. The van der Waals surface area contributed by atoms with Crippen LogP contribution in [-0.4, -0.2) is 18.5 Å². The highest BCUT2D eigenvalue weighted by Gasteiger charge is 2.44. The average Bonchev–Trinajstić information content (AvgIpc) is 2.77. The van der Waals surface area contributed by atoms with Crippen LogP contribution in [0.1, 0.15) is 84.5 Å². The SMILES string of the molecule is CCCCCC/C=C1\CC(OCC)OC12CCCCC2. The van der Waals surface area contributed by atoms with E-state index in [2.05, 4.69) is 19.9 Å². The van der Waals surface area contributed by atoms with Crippen LogP contribution in [0.15, 0.2) is 11.6 Å². The van der Waals surface area contributed by atoms with Crippen molar-refractivity contribution in [1.82, 2.24) is 0 Å². The van der Waals surface area contributed by atoms with Crippen LogP contribution in [0.5, 0.6) is 0 Å². The second-order valence-electron chi connectivity index (χ2n) is 6.34. The molecule has 116 valence electrons. The van der Waals surface area contributed by atoms with E-state index < -0.39 is 0 Å². The Hall–Kier alpha value is -0.340. The van der Waals surface area contributed by atoms with Crippen molar-refractivity contribution in [2.45, 2.75) is 96.4 Å². The average molecular weight is 280 g/mol. The summed E-state index contributed by atoms with van der Waals surface area (Å²) in [7, 11) is 0. The van der Waals surface area contributed by atoms with Crippen LogP contribution < -0.4 is 0 Å². The van der Waals surface area contributed by atoms with E-state index in [-0.39, 0.29) is 11.9 Å². The second kappa shape index (κ2) is 8.19. The molecule has 2 nitrogen and oxygen atoms in total. The lowest BCUT2D eigenvalue weighted by atomic mass is 9.79. The first-order valence-electron chi connectivity index (χ1n) is 8.79. The summed E-state index contributed by atoms with van der Waals surface area (Å²) in [5, 5.41) is 0. The molecule has 1 heterocycles. The zero-order chi connectivity index (χ0) is 14.3. The van der Waals surface area contributed by atoms with E-state index in [1.54, 1.807) is 5.57 Å². The van der Waals surface area contributed by atoms with E-state index in [1.165, 1.54) is 64.2 Å². The van der Waals surface area contributed by atoms with Crippen LogP contribution in [0.4, 0.5) is 0 Å². The third-order valence-corrected chi connectivity index (χ3v) is 4.79. The maximum Gasteiger partial charge on any atom is 0.162 e. The van der Waals surface area contributed by atoms with Crippen molar-refractivity contribution in [2.75, 3.05) is 6.61 Å². The van der Waals surface area contributed by atoms with E-state index in [0.29, 0.717) is 0 Å². The van der Waals surface area contributed by atoms with Crippen LogP contribution in [0.25, 0.3) is 0 Å². The highest BCUT2D eigenvalue weighted by atomic mass is 16.7. The smallest absolute Gasteiger partial charge is 0.162 e. The molecular formula is C18H32O2. The van der Waals surface area contributed by atoms with Gasteiger partial charge in [0.1, 0.15) is 0 Å². The maximum absolute atomic E-state index is 6.33. The van der Waals surface area contributed by atoms with Gasteiger partial charge in [-0.25, -0.2) is 0 Å². The third-order valence-electron chi connectivity index (χ3n) is 4.79. The summed E-state index contributed by atoms with van der Waals surface area (Å²) in [5.74, 6) is 0. The Labute approximate surface area is 124 Å². The first kappa shape index (κ1) is 16.0. The molecule has 1 saturated heterocycles. The number of unbranched alkanes of at least 4 members (excludes halogenated alkanes) is 4. The minimum absolute atomic E-state index is 0.0139. The van der Waals surface area contributed by atoms with Gasteiger partial charge in [0, 0.05) is 13.0 Å². The van der Waals surface area contributed by atoms with Gasteiger partial charge in [0.25, 0.3) is 0 Å². The standard InChI is InChI=1S/C18H32O2/c1-3-5-6-7-9-12-16-15-17(19-4-2)20-18(16)13-10-8-11-14-18/h12,17H,3-11,13-15H2,1-2H3/b16-12+. The molecule has 2 rings (SSSR count). The summed E-state index contributed by atoms with van der Waals surface area (Å²) in [4.78, 5) is 0. The molecule has 2 fully saturated rings. The Balaban J connectivity index is 1.93. The van der Waals surface area contributed by atoms with Crippen molar-refractivity contribution in [2.24, 2.45) is 0 Å². The molecule has 2 aliphatic rings. The van der Waals surface area contributed by atoms with Gasteiger partial charge >= 0.3 is 0 Å². The van der Waals surface area contributed by atoms with Crippen LogP contribution in [-0.2, 0) is 9.47 Å². The summed E-state index contributed by atoms with van der Waals surface area (Å²) in [6.07, 6.45) is 16.5. The van der Waals surface area contributed by atoms with Crippen molar-refractivity contribution >= 4 is 0 Å². The quantitative estimate of drug-likeness (QED) is 0.461. The fourth-order valence-corrected chi connectivity index (χ4v) is 3.69. The fourth-order valence-electron chi connectivity index (χ4n) is 3.69. The van der Waals surface area contributed by atoms with Crippen molar-refractivity contribution in [1.29, 1.82) is 0 Å². The lowest BCUT2D eigenvalue weighted by Crippen LogP contribution is -2.33. The normalized spacial score (nSPS) is 27.5. The van der Waals surface area contributed by atoms with Crippen LogP contribution in [0.2, 0.25) is 0 Å². The minimum atomic E-state index is 0.0139. The van der Waals surface area contributed by atoms with Crippen molar-refractivity contribution in [3.63, 3.8) is 0 Å². The van der Waals surface area contributed by atoms with Gasteiger partial charge in [-0.05, 0) is 38.2 Å². The molecule has 1 unspecified atom stereocenters. The van der Waals surface area contributed by atoms with Gasteiger partial charge in [0.15, 0.2) is 6.29 Å². The van der Waals surface area contributed by atoms with Gasteiger partial charge in [-0.3, -0.25) is 0 Å². The van der Waals surface area contributed by atoms with Crippen molar-refractivity contribution in [3.8, 4) is 0 Å². The fraction of sp³-hybridized carbons (Fsp3) is 0.889. The van der Waals surface area contributed by atoms with Crippen LogP contribution in [0.3, 0.4) is 0 Å². The Morgan fingerprint density at radius 1 is 1.15 bits per heavy atom. The molecular weight excluding hydrogens is 248 g/mol. The number of hydrogen-bond donors (Lipinski definition) is 0. The number of ether oxygens (including phenoxy) is 2. The second-order valence-corrected chi connectivity index (χ2v) is 6.34. The highest BCUT2D eigenvalue weighted by Crippen LogP contribution is 2.46. The number of rotatable bonds is 7. The van der Waals surface area contributed by atoms with E-state index in [0.717, 1.165) is 13.0 Å². The Bertz CT molecular complexity index is 303. The van der Waals surface area contributed by atoms with Gasteiger partial charge in [-0.15, -0.1) is 0 Å². The monoisotopic (exact) mass is 280 g/mol. The van der Waals surface area contributed by atoms with E-state index >= 15 is 0 Å². The maximum atomic E-state index is 6.33.